The Morgan fingerprint density at radius 2 is 2.08 bits per heavy atom. The molecular formula is C19H24N2O4S. The average molecular weight is 376 g/mol. The maximum absolute atomic E-state index is 12.5. The summed E-state index contributed by atoms with van der Waals surface area (Å²) >= 11 is 1.60. The number of hydrogen-bond acceptors (Lipinski definition) is 5. The number of nitrogens with one attached hydrogen (secondary N) is 1. The Labute approximate surface area is 157 Å². The molecular weight excluding hydrogens is 352 g/mol. The van der Waals surface area contributed by atoms with E-state index in [2.05, 4.69) is 12.2 Å². The first-order valence-corrected chi connectivity index (χ1v) is 9.89. The SMILES string of the molecule is CCc1ccc(NC(=O)[C@H](C)OC(=O)[C@H]2CS[C@@]3(C)CCC(=O)N23)cc1. The number of carbonyl (C=O) groups is 3. The van der Waals surface area contributed by atoms with Crippen LogP contribution in [0.5, 0.6) is 0 Å². The topological polar surface area (TPSA) is 75.7 Å². The summed E-state index contributed by atoms with van der Waals surface area (Å²) in [6.45, 7) is 5.58. The second-order valence-corrected chi connectivity index (χ2v) is 8.39. The zero-order valence-corrected chi connectivity index (χ0v) is 16.1. The van der Waals surface area contributed by atoms with Crippen LogP contribution in [0, 0.1) is 0 Å². The lowest BCUT2D eigenvalue weighted by Crippen LogP contribution is -2.48. The molecule has 2 heterocycles. The molecule has 0 aromatic heterocycles. The van der Waals surface area contributed by atoms with Gasteiger partial charge >= 0.3 is 5.97 Å². The van der Waals surface area contributed by atoms with Gasteiger partial charge < -0.3 is 15.0 Å². The molecule has 1 aromatic carbocycles. The quantitative estimate of drug-likeness (QED) is 0.800. The van der Waals surface area contributed by atoms with Gasteiger partial charge in [-0.15, -0.1) is 11.8 Å². The van der Waals surface area contributed by atoms with E-state index < -0.39 is 18.1 Å². The van der Waals surface area contributed by atoms with Gasteiger partial charge in [-0.25, -0.2) is 4.79 Å². The Morgan fingerprint density at radius 1 is 1.38 bits per heavy atom. The summed E-state index contributed by atoms with van der Waals surface area (Å²) in [5.74, 6) is -0.412. The van der Waals surface area contributed by atoms with Crippen LogP contribution in [-0.4, -0.2) is 45.5 Å². The first-order valence-electron chi connectivity index (χ1n) is 8.90. The van der Waals surface area contributed by atoms with Gasteiger partial charge in [-0.3, -0.25) is 9.59 Å². The normalized spacial score (nSPS) is 25.7. The first-order chi connectivity index (χ1) is 12.3. The van der Waals surface area contributed by atoms with Crippen LogP contribution in [0.4, 0.5) is 5.69 Å². The minimum absolute atomic E-state index is 0.0208. The third-order valence-corrected chi connectivity index (χ3v) is 6.51. The molecule has 0 unspecified atom stereocenters. The van der Waals surface area contributed by atoms with Gasteiger partial charge in [-0.2, -0.15) is 0 Å². The monoisotopic (exact) mass is 376 g/mol. The van der Waals surface area contributed by atoms with Crippen LogP contribution in [0.15, 0.2) is 24.3 Å². The second kappa shape index (κ2) is 7.31. The number of hydrogen-bond donors (Lipinski definition) is 1. The molecule has 1 N–H and O–H groups in total. The molecule has 2 amide bonds. The molecule has 26 heavy (non-hydrogen) atoms. The highest BCUT2D eigenvalue weighted by atomic mass is 32.2. The number of ether oxygens (including phenoxy) is 1. The van der Waals surface area contributed by atoms with E-state index in [1.807, 2.05) is 31.2 Å². The summed E-state index contributed by atoms with van der Waals surface area (Å²) in [7, 11) is 0. The number of rotatable bonds is 5. The molecule has 3 atom stereocenters. The highest BCUT2D eigenvalue weighted by Crippen LogP contribution is 2.47. The Balaban J connectivity index is 1.58. The van der Waals surface area contributed by atoms with Gasteiger partial charge in [0.05, 0.1) is 4.87 Å². The highest BCUT2D eigenvalue weighted by Gasteiger charge is 2.53. The number of aryl methyl sites for hydroxylation is 1. The zero-order chi connectivity index (χ0) is 18.9. The van der Waals surface area contributed by atoms with E-state index in [4.69, 9.17) is 4.74 Å². The maximum Gasteiger partial charge on any atom is 0.330 e. The van der Waals surface area contributed by atoms with Gasteiger partial charge in [0.25, 0.3) is 5.91 Å². The molecule has 3 rings (SSSR count). The van der Waals surface area contributed by atoms with Crippen molar-refractivity contribution in [2.24, 2.45) is 0 Å². The highest BCUT2D eigenvalue weighted by molar-refractivity contribution is 8.01. The molecule has 0 spiro atoms. The van der Waals surface area contributed by atoms with Gasteiger partial charge in [0.2, 0.25) is 5.91 Å². The number of benzene rings is 1. The molecule has 0 radical (unpaired) electrons. The van der Waals surface area contributed by atoms with Crippen LogP contribution in [0.3, 0.4) is 0 Å². The zero-order valence-electron chi connectivity index (χ0n) is 15.3. The van der Waals surface area contributed by atoms with Crippen molar-refractivity contribution in [1.29, 1.82) is 0 Å². The van der Waals surface area contributed by atoms with Crippen LogP contribution < -0.4 is 5.32 Å². The third kappa shape index (κ3) is 3.58. The van der Waals surface area contributed by atoms with Crippen LogP contribution in [-0.2, 0) is 25.5 Å². The number of esters is 1. The number of amides is 2. The number of anilines is 1. The number of nitrogens with zero attached hydrogens (tertiary/aromatic N) is 1. The third-order valence-electron chi connectivity index (χ3n) is 5.01. The van der Waals surface area contributed by atoms with E-state index in [1.165, 1.54) is 5.56 Å². The Morgan fingerprint density at radius 3 is 2.73 bits per heavy atom. The second-order valence-electron chi connectivity index (χ2n) is 6.88. The average Bonchev–Trinajstić information content (AvgIpc) is 3.11. The molecule has 0 bridgehead atoms. The van der Waals surface area contributed by atoms with E-state index in [0.29, 0.717) is 17.9 Å². The van der Waals surface area contributed by atoms with E-state index in [9.17, 15) is 14.4 Å². The molecule has 7 heteroatoms. The van der Waals surface area contributed by atoms with Gasteiger partial charge in [0, 0.05) is 17.9 Å². The molecule has 6 nitrogen and oxygen atoms in total. The van der Waals surface area contributed by atoms with E-state index in [1.54, 1.807) is 23.6 Å². The molecule has 2 fully saturated rings. The van der Waals surface area contributed by atoms with E-state index >= 15 is 0 Å². The molecule has 2 saturated heterocycles. The summed E-state index contributed by atoms with van der Waals surface area (Å²) < 4.78 is 5.36. The van der Waals surface area contributed by atoms with Gasteiger partial charge in [0.1, 0.15) is 6.04 Å². The Kier molecular flexibility index (Phi) is 5.27. The lowest BCUT2D eigenvalue weighted by atomic mass is 10.1. The van der Waals surface area contributed by atoms with Crippen LogP contribution in [0.25, 0.3) is 0 Å². The largest absolute Gasteiger partial charge is 0.451 e. The molecule has 140 valence electrons. The minimum atomic E-state index is -0.928. The van der Waals surface area contributed by atoms with Crippen molar-refractivity contribution in [3.8, 4) is 0 Å². The fraction of sp³-hybridized carbons (Fsp3) is 0.526. The van der Waals surface area contributed by atoms with Gasteiger partial charge in [0.15, 0.2) is 6.10 Å². The summed E-state index contributed by atoms with van der Waals surface area (Å²) in [5, 5.41) is 2.75. The van der Waals surface area contributed by atoms with E-state index in [-0.39, 0.29) is 16.7 Å². The summed E-state index contributed by atoms with van der Waals surface area (Å²) in [6, 6.07) is 6.93. The molecule has 2 aliphatic heterocycles. The smallest absolute Gasteiger partial charge is 0.330 e. The first kappa shape index (κ1) is 18.8. The molecule has 1 aromatic rings. The molecule has 0 saturated carbocycles. The van der Waals surface area contributed by atoms with Crippen molar-refractivity contribution in [2.45, 2.75) is 57.1 Å². The lowest BCUT2D eigenvalue weighted by Gasteiger charge is -2.29. The fourth-order valence-electron chi connectivity index (χ4n) is 3.37. The number of thioether (sulfide) groups is 1. The van der Waals surface area contributed by atoms with Crippen LogP contribution in [0.1, 0.15) is 39.2 Å². The molecule has 2 aliphatic rings. The van der Waals surface area contributed by atoms with Crippen molar-refractivity contribution in [2.75, 3.05) is 11.1 Å². The fourth-order valence-corrected chi connectivity index (χ4v) is 4.79. The van der Waals surface area contributed by atoms with Crippen molar-refractivity contribution in [1.82, 2.24) is 4.90 Å². The maximum atomic E-state index is 12.5. The van der Waals surface area contributed by atoms with Crippen molar-refractivity contribution < 1.29 is 19.1 Å². The Bertz CT molecular complexity index is 721. The predicted molar refractivity (Wildman–Crippen MR) is 101 cm³/mol. The Hall–Kier alpha value is -2.02. The van der Waals surface area contributed by atoms with Crippen molar-refractivity contribution >= 4 is 35.2 Å². The number of fused-ring (bicyclic) bond motifs is 1. The lowest BCUT2D eigenvalue weighted by molar-refractivity contribution is -0.160. The van der Waals surface area contributed by atoms with Crippen LogP contribution >= 0.6 is 11.8 Å². The van der Waals surface area contributed by atoms with E-state index in [0.717, 1.165) is 12.8 Å². The summed E-state index contributed by atoms with van der Waals surface area (Å²) in [5.41, 5.74) is 1.84. The van der Waals surface area contributed by atoms with Crippen molar-refractivity contribution in [3.05, 3.63) is 29.8 Å². The predicted octanol–water partition coefficient (Wildman–Crippen LogP) is 2.57. The number of carbonyl (C=O) groups excluding carboxylic acids is 3. The standard InChI is InChI=1S/C19H24N2O4S/c1-4-13-5-7-14(8-6-13)20-17(23)12(2)25-18(24)15-11-26-19(3)10-9-16(22)21(15)19/h5-8,12,15H,4,9-11H2,1-3H3,(H,20,23)/t12-,15+,19-/m0/s1. The van der Waals surface area contributed by atoms with Gasteiger partial charge in [-0.05, 0) is 44.4 Å². The van der Waals surface area contributed by atoms with Gasteiger partial charge in [-0.1, -0.05) is 19.1 Å². The minimum Gasteiger partial charge on any atom is -0.451 e. The summed E-state index contributed by atoms with van der Waals surface area (Å²) in [6.07, 6.45) is 1.19. The van der Waals surface area contributed by atoms with Crippen LogP contribution in [0.2, 0.25) is 0 Å². The molecule has 0 aliphatic carbocycles. The summed E-state index contributed by atoms with van der Waals surface area (Å²) in [4.78, 5) is 38.2. The van der Waals surface area contributed by atoms with Crippen molar-refractivity contribution in [3.63, 3.8) is 0 Å².